The molecule has 10 heteroatoms. The minimum Gasteiger partial charge on any atom is -0.360 e. The first kappa shape index (κ1) is 22.7. The number of rotatable bonds is 5. The number of nitrogens with zero attached hydrogens (tertiary/aromatic N) is 3. The number of hydrogen-bond acceptors (Lipinski definition) is 4. The largest absolute Gasteiger partial charge is 0.436 e. The molecule has 0 bridgehead atoms. The van der Waals surface area contributed by atoms with Crippen LogP contribution in [0.5, 0.6) is 0 Å². The number of carbonyl (C=O) groups excluding carboxylic acids is 1. The summed E-state index contributed by atoms with van der Waals surface area (Å²) in [5.74, 6) is 0.870. The Morgan fingerprint density at radius 3 is 2.63 bits per heavy atom. The van der Waals surface area contributed by atoms with Gasteiger partial charge in [-0.2, -0.15) is 18.3 Å². The topological polar surface area (TPSA) is 73.0 Å². The van der Waals surface area contributed by atoms with E-state index in [-0.39, 0.29) is 30.1 Å². The van der Waals surface area contributed by atoms with Gasteiger partial charge in [0.05, 0.1) is 10.7 Å². The minimum absolute atomic E-state index is 0.126. The number of nitrogens with one attached hydrogen (secondary N) is 1. The zero-order chi connectivity index (χ0) is 22.3. The molecule has 1 N–H and O–H groups in total. The van der Waals surface area contributed by atoms with E-state index in [4.69, 9.17) is 16.1 Å². The Labute approximate surface area is 178 Å². The fraction of sp³-hybridized carbons (Fsp3) is 0.650. The minimum atomic E-state index is -4.60. The Bertz CT molecular complexity index is 928. The summed E-state index contributed by atoms with van der Waals surface area (Å²) >= 11 is 5.75. The van der Waals surface area contributed by atoms with Gasteiger partial charge >= 0.3 is 6.18 Å². The van der Waals surface area contributed by atoms with Crippen LogP contribution in [0.3, 0.4) is 0 Å². The third-order valence-corrected chi connectivity index (χ3v) is 6.17. The van der Waals surface area contributed by atoms with Crippen LogP contribution in [0.15, 0.2) is 4.52 Å². The summed E-state index contributed by atoms with van der Waals surface area (Å²) in [6.07, 6.45) is -1.70. The lowest BCUT2D eigenvalue weighted by Gasteiger charge is -2.33. The standard InChI is InChI=1S/C20H26ClF3N4O2/c1-11-15(21)17(20(22,23)24)26-28(11)9-5-8-25-18(29)16-13-10-12(19(2,3)4)6-7-14(13)30-27-16/h12H,5-10H2,1-4H3,(H,25,29). The third-order valence-electron chi connectivity index (χ3n) is 5.71. The van der Waals surface area contributed by atoms with Crippen LogP contribution in [0.4, 0.5) is 13.2 Å². The van der Waals surface area contributed by atoms with Gasteiger partial charge in [-0.1, -0.05) is 37.5 Å². The Hall–Kier alpha value is -2.03. The van der Waals surface area contributed by atoms with Crippen molar-refractivity contribution < 1.29 is 22.5 Å². The van der Waals surface area contributed by atoms with Crippen molar-refractivity contribution >= 4 is 17.5 Å². The summed E-state index contributed by atoms with van der Waals surface area (Å²) in [5, 5.41) is 9.89. The van der Waals surface area contributed by atoms with Gasteiger partial charge in [-0.25, -0.2) is 0 Å². The zero-order valence-electron chi connectivity index (χ0n) is 17.5. The number of aryl methyl sites for hydroxylation is 2. The fourth-order valence-electron chi connectivity index (χ4n) is 3.76. The summed E-state index contributed by atoms with van der Waals surface area (Å²) in [6.45, 7) is 8.50. The molecule has 1 aliphatic rings. The second-order valence-corrected chi connectivity index (χ2v) is 9.19. The highest BCUT2D eigenvalue weighted by Crippen LogP contribution is 2.38. The van der Waals surface area contributed by atoms with Crippen LogP contribution in [0.25, 0.3) is 0 Å². The number of amides is 1. The van der Waals surface area contributed by atoms with Gasteiger partial charge in [-0.3, -0.25) is 9.48 Å². The highest BCUT2D eigenvalue weighted by atomic mass is 35.5. The molecule has 2 heterocycles. The summed E-state index contributed by atoms with van der Waals surface area (Å²) in [5.41, 5.74) is 0.447. The molecule has 1 unspecified atom stereocenters. The predicted octanol–water partition coefficient (Wildman–Crippen LogP) is 4.82. The van der Waals surface area contributed by atoms with Gasteiger partial charge in [0, 0.05) is 25.1 Å². The van der Waals surface area contributed by atoms with Crippen LogP contribution in [-0.4, -0.2) is 27.4 Å². The highest BCUT2D eigenvalue weighted by molar-refractivity contribution is 6.31. The summed E-state index contributed by atoms with van der Waals surface area (Å²) in [4.78, 5) is 12.6. The van der Waals surface area contributed by atoms with Crippen LogP contribution in [0.2, 0.25) is 5.02 Å². The molecule has 0 spiro atoms. The van der Waals surface area contributed by atoms with Gasteiger partial charge in [0.15, 0.2) is 11.4 Å². The zero-order valence-corrected chi connectivity index (χ0v) is 18.2. The number of hydrogen-bond donors (Lipinski definition) is 1. The van der Waals surface area contributed by atoms with E-state index in [1.165, 1.54) is 11.6 Å². The highest BCUT2D eigenvalue weighted by Gasteiger charge is 2.38. The first-order valence-electron chi connectivity index (χ1n) is 9.95. The Kier molecular flexibility index (Phi) is 6.23. The number of carbonyl (C=O) groups is 1. The average Bonchev–Trinajstić information content (AvgIpc) is 3.19. The van der Waals surface area contributed by atoms with Crippen molar-refractivity contribution in [2.24, 2.45) is 11.3 Å². The number of alkyl halides is 3. The summed E-state index contributed by atoms with van der Waals surface area (Å²) < 4.78 is 45.3. The van der Waals surface area contributed by atoms with Crippen molar-refractivity contribution in [3.05, 3.63) is 33.4 Å². The van der Waals surface area contributed by atoms with Gasteiger partial charge in [0.1, 0.15) is 5.76 Å². The maximum atomic E-state index is 12.9. The monoisotopic (exact) mass is 446 g/mol. The van der Waals surface area contributed by atoms with E-state index in [2.05, 4.69) is 36.3 Å². The van der Waals surface area contributed by atoms with Crippen molar-refractivity contribution in [1.82, 2.24) is 20.3 Å². The molecule has 30 heavy (non-hydrogen) atoms. The first-order chi connectivity index (χ1) is 13.9. The van der Waals surface area contributed by atoms with Crippen molar-refractivity contribution in [1.29, 1.82) is 0 Å². The molecule has 6 nitrogen and oxygen atoms in total. The Morgan fingerprint density at radius 2 is 2.03 bits per heavy atom. The molecule has 1 atom stereocenters. The van der Waals surface area contributed by atoms with E-state index in [1.807, 2.05) is 0 Å². The van der Waals surface area contributed by atoms with Crippen LogP contribution in [-0.2, 0) is 25.6 Å². The van der Waals surface area contributed by atoms with E-state index in [9.17, 15) is 18.0 Å². The van der Waals surface area contributed by atoms with E-state index in [0.29, 0.717) is 18.0 Å². The van der Waals surface area contributed by atoms with Gasteiger partial charge in [0.25, 0.3) is 5.91 Å². The molecule has 0 radical (unpaired) electrons. The Morgan fingerprint density at radius 1 is 1.33 bits per heavy atom. The first-order valence-corrected chi connectivity index (χ1v) is 10.3. The van der Waals surface area contributed by atoms with E-state index < -0.39 is 16.9 Å². The van der Waals surface area contributed by atoms with Crippen molar-refractivity contribution in [2.45, 2.75) is 66.1 Å². The molecule has 2 aromatic heterocycles. The molecular formula is C20H26ClF3N4O2. The van der Waals surface area contributed by atoms with Crippen LogP contribution in [0.1, 0.15) is 66.8 Å². The lowest BCUT2D eigenvalue weighted by Crippen LogP contribution is -2.30. The quantitative estimate of drug-likeness (QED) is 0.668. The number of halogens is 4. The normalized spacial score (nSPS) is 17.1. The SMILES string of the molecule is Cc1c(Cl)c(C(F)(F)F)nn1CCCNC(=O)c1noc2c1CC(C(C)(C)C)CC2. The van der Waals surface area contributed by atoms with E-state index in [0.717, 1.165) is 30.6 Å². The van der Waals surface area contributed by atoms with E-state index in [1.54, 1.807) is 0 Å². The number of fused-ring (bicyclic) bond motifs is 1. The molecule has 0 aliphatic heterocycles. The molecule has 0 aromatic carbocycles. The molecule has 2 aromatic rings. The van der Waals surface area contributed by atoms with E-state index >= 15 is 0 Å². The van der Waals surface area contributed by atoms with Crippen molar-refractivity contribution in [2.75, 3.05) is 6.54 Å². The molecule has 1 amide bonds. The molecular weight excluding hydrogens is 421 g/mol. The molecule has 0 saturated heterocycles. The maximum absolute atomic E-state index is 12.9. The van der Waals surface area contributed by atoms with Gasteiger partial charge in [0.2, 0.25) is 0 Å². The average molecular weight is 447 g/mol. The van der Waals surface area contributed by atoms with Crippen molar-refractivity contribution in [3.8, 4) is 0 Å². The molecule has 0 saturated carbocycles. The van der Waals surface area contributed by atoms with Gasteiger partial charge < -0.3 is 9.84 Å². The van der Waals surface area contributed by atoms with Crippen LogP contribution >= 0.6 is 11.6 Å². The van der Waals surface area contributed by atoms with Gasteiger partial charge in [-0.05, 0) is 37.5 Å². The predicted molar refractivity (Wildman–Crippen MR) is 105 cm³/mol. The molecule has 0 fully saturated rings. The van der Waals surface area contributed by atoms with Gasteiger partial charge in [-0.15, -0.1) is 0 Å². The molecule has 166 valence electrons. The summed E-state index contributed by atoms with van der Waals surface area (Å²) in [7, 11) is 0. The Balaban J connectivity index is 1.58. The second-order valence-electron chi connectivity index (χ2n) is 8.82. The summed E-state index contributed by atoms with van der Waals surface area (Å²) in [6, 6.07) is 0. The number of aromatic nitrogens is 3. The van der Waals surface area contributed by atoms with Crippen LogP contribution in [0, 0.1) is 18.3 Å². The smallest absolute Gasteiger partial charge is 0.360 e. The lowest BCUT2D eigenvalue weighted by molar-refractivity contribution is -0.141. The second kappa shape index (κ2) is 8.24. The maximum Gasteiger partial charge on any atom is 0.436 e. The molecule has 1 aliphatic carbocycles. The molecule has 3 rings (SSSR count). The fourth-order valence-corrected chi connectivity index (χ4v) is 4.00. The van der Waals surface area contributed by atoms with Crippen molar-refractivity contribution in [3.63, 3.8) is 0 Å². The van der Waals surface area contributed by atoms with Crippen LogP contribution < -0.4 is 5.32 Å². The third kappa shape index (κ3) is 4.66. The lowest BCUT2D eigenvalue weighted by atomic mass is 9.71.